The second kappa shape index (κ2) is 4.47. The first-order valence-electron chi connectivity index (χ1n) is 5.74. The number of hydrogen-bond acceptors (Lipinski definition) is 4. The first-order chi connectivity index (χ1) is 9.15. The zero-order chi connectivity index (χ0) is 13.4. The van der Waals surface area contributed by atoms with Crippen molar-refractivity contribution in [2.45, 2.75) is 13.3 Å². The molecule has 96 valence electrons. The average molecular weight is 273 g/mol. The van der Waals surface area contributed by atoms with Crippen LogP contribution in [0.25, 0.3) is 4.96 Å². The summed E-state index contributed by atoms with van der Waals surface area (Å²) in [6.45, 7) is 1.97. The standard InChI is InChI=1S/C13H11N3O2S/c1-8-11(5-9-3-2-4-14-6-9)19-13-15-10(12(17)18)7-16(8)13/h2-4,6-7H,5H2,1H3,(H,17,18). The fourth-order valence-electron chi connectivity index (χ4n) is 1.95. The van der Waals surface area contributed by atoms with Gasteiger partial charge in [0.05, 0.1) is 0 Å². The number of hydrogen-bond donors (Lipinski definition) is 1. The zero-order valence-corrected chi connectivity index (χ0v) is 11.0. The van der Waals surface area contributed by atoms with Gasteiger partial charge in [-0.15, -0.1) is 11.3 Å². The maximum absolute atomic E-state index is 10.9. The van der Waals surface area contributed by atoms with E-state index in [2.05, 4.69) is 9.97 Å². The molecule has 0 saturated carbocycles. The van der Waals surface area contributed by atoms with E-state index in [1.54, 1.807) is 12.4 Å². The maximum Gasteiger partial charge on any atom is 0.356 e. The van der Waals surface area contributed by atoms with Crippen molar-refractivity contribution in [3.8, 4) is 0 Å². The number of aromatic nitrogens is 3. The van der Waals surface area contributed by atoms with Gasteiger partial charge in [0.1, 0.15) is 0 Å². The number of fused-ring (bicyclic) bond motifs is 1. The fourth-order valence-corrected chi connectivity index (χ4v) is 3.09. The van der Waals surface area contributed by atoms with Gasteiger partial charge in [0.25, 0.3) is 0 Å². The monoisotopic (exact) mass is 273 g/mol. The van der Waals surface area contributed by atoms with Crippen molar-refractivity contribution in [3.63, 3.8) is 0 Å². The molecule has 3 rings (SSSR count). The van der Waals surface area contributed by atoms with Crippen LogP contribution >= 0.6 is 11.3 Å². The number of pyridine rings is 1. The molecule has 0 saturated heterocycles. The van der Waals surface area contributed by atoms with E-state index in [1.807, 2.05) is 29.7 Å². The summed E-state index contributed by atoms with van der Waals surface area (Å²) in [7, 11) is 0. The van der Waals surface area contributed by atoms with Crippen LogP contribution in [0.5, 0.6) is 0 Å². The number of carboxylic acids is 1. The van der Waals surface area contributed by atoms with Gasteiger partial charge in [0.2, 0.25) is 0 Å². The number of carboxylic acid groups (broad SMARTS) is 1. The van der Waals surface area contributed by atoms with Crippen molar-refractivity contribution in [3.05, 3.63) is 52.6 Å². The summed E-state index contributed by atoms with van der Waals surface area (Å²) in [5, 5.41) is 8.92. The van der Waals surface area contributed by atoms with Crippen molar-refractivity contribution in [2.24, 2.45) is 0 Å². The molecular formula is C13H11N3O2S. The molecular weight excluding hydrogens is 262 g/mol. The van der Waals surface area contributed by atoms with Gasteiger partial charge >= 0.3 is 5.97 Å². The number of rotatable bonds is 3. The number of imidazole rings is 1. The van der Waals surface area contributed by atoms with E-state index in [4.69, 9.17) is 5.11 Å². The Kier molecular flexibility index (Phi) is 2.79. The zero-order valence-electron chi connectivity index (χ0n) is 10.2. The smallest absolute Gasteiger partial charge is 0.356 e. The molecule has 0 fully saturated rings. The Bertz CT molecular complexity index is 746. The van der Waals surface area contributed by atoms with Crippen LogP contribution in [-0.2, 0) is 6.42 Å². The SMILES string of the molecule is Cc1c(Cc2cccnc2)sc2nc(C(=O)O)cn12. The largest absolute Gasteiger partial charge is 0.476 e. The first-order valence-corrected chi connectivity index (χ1v) is 6.56. The Balaban J connectivity index is 1.99. The van der Waals surface area contributed by atoms with Crippen LogP contribution in [0.3, 0.4) is 0 Å². The van der Waals surface area contributed by atoms with Crippen molar-refractivity contribution < 1.29 is 9.90 Å². The molecule has 0 aromatic carbocycles. The molecule has 3 aromatic heterocycles. The molecule has 19 heavy (non-hydrogen) atoms. The van der Waals surface area contributed by atoms with Gasteiger partial charge in [-0.2, -0.15) is 0 Å². The van der Waals surface area contributed by atoms with E-state index in [0.717, 1.165) is 17.7 Å². The summed E-state index contributed by atoms with van der Waals surface area (Å²) in [4.78, 5) is 21.0. The summed E-state index contributed by atoms with van der Waals surface area (Å²) in [5.41, 5.74) is 2.25. The van der Waals surface area contributed by atoms with Crippen LogP contribution in [0.1, 0.15) is 26.6 Å². The van der Waals surface area contributed by atoms with Crippen LogP contribution in [0.15, 0.2) is 30.7 Å². The highest BCUT2D eigenvalue weighted by Gasteiger charge is 2.15. The normalized spacial score (nSPS) is 11.0. The Morgan fingerprint density at radius 3 is 3.00 bits per heavy atom. The van der Waals surface area contributed by atoms with Gasteiger partial charge in [-0.1, -0.05) is 6.07 Å². The molecule has 0 aliphatic carbocycles. The summed E-state index contributed by atoms with van der Waals surface area (Å²) >= 11 is 1.52. The molecule has 0 aliphatic heterocycles. The van der Waals surface area contributed by atoms with Gasteiger partial charge in [-0.25, -0.2) is 9.78 Å². The number of aryl methyl sites for hydroxylation is 1. The predicted octanol–water partition coefficient (Wildman–Crippen LogP) is 2.39. The number of nitrogens with zero attached hydrogens (tertiary/aromatic N) is 3. The fraction of sp³-hybridized carbons (Fsp3) is 0.154. The van der Waals surface area contributed by atoms with Crippen molar-refractivity contribution in [2.75, 3.05) is 0 Å². The minimum absolute atomic E-state index is 0.0854. The quantitative estimate of drug-likeness (QED) is 0.795. The molecule has 0 aliphatic rings. The lowest BCUT2D eigenvalue weighted by molar-refractivity contribution is 0.0691. The van der Waals surface area contributed by atoms with E-state index in [9.17, 15) is 4.79 Å². The minimum atomic E-state index is -0.996. The summed E-state index contributed by atoms with van der Waals surface area (Å²) in [6.07, 6.45) is 5.94. The lowest BCUT2D eigenvalue weighted by atomic mass is 10.2. The van der Waals surface area contributed by atoms with Gasteiger partial charge < -0.3 is 5.11 Å². The molecule has 0 unspecified atom stereocenters. The first kappa shape index (κ1) is 11.9. The highest BCUT2D eigenvalue weighted by Crippen LogP contribution is 2.25. The van der Waals surface area contributed by atoms with Crippen molar-refractivity contribution in [1.82, 2.24) is 14.4 Å². The Morgan fingerprint density at radius 1 is 1.53 bits per heavy atom. The number of carbonyl (C=O) groups is 1. The maximum atomic E-state index is 10.9. The second-order valence-electron chi connectivity index (χ2n) is 4.23. The van der Waals surface area contributed by atoms with Gasteiger partial charge in [-0.05, 0) is 18.6 Å². The lowest BCUT2D eigenvalue weighted by Crippen LogP contribution is -1.96. The summed E-state index contributed by atoms with van der Waals surface area (Å²) in [6, 6.07) is 3.93. The molecule has 0 radical (unpaired) electrons. The van der Waals surface area contributed by atoms with Gasteiger partial charge in [0, 0.05) is 35.6 Å². The molecule has 0 spiro atoms. The second-order valence-corrected chi connectivity index (χ2v) is 5.29. The third kappa shape index (κ3) is 2.10. The van der Waals surface area contributed by atoms with Crippen LogP contribution < -0.4 is 0 Å². The highest BCUT2D eigenvalue weighted by molar-refractivity contribution is 7.17. The molecule has 5 nitrogen and oxygen atoms in total. The van der Waals surface area contributed by atoms with Crippen LogP contribution in [-0.4, -0.2) is 25.4 Å². The van der Waals surface area contributed by atoms with Crippen LogP contribution in [0.4, 0.5) is 0 Å². The van der Waals surface area contributed by atoms with Crippen molar-refractivity contribution in [1.29, 1.82) is 0 Å². The number of thiazole rings is 1. The molecule has 3 aromatic rings. The molecule has 0 bridgehead atoms. The third-order valence-corrected chi connectivity index (χ3v) is 4.12. The Morgan fingerprint density at radius 2 is 2.37 bits per heavy atom. The number of aromatic carboxylic acids is 1. The highest BCUT2D eigenvalue weighted by atomic mass is 32.1. The molecule has 3 heterocycles. The van der Waals surface area contributed by atoms with E-state index in [0.29, 0.717) is 4.96 Å². The molecule has 0 amide bonds. The van der Waals surface area contributed by atoms with Gasteiger partial charge in [0.15, 0.2) is 10.7 Å². The third-order valence-electron chi connectivity index (χ3n) is 2.96. The van der Waals surface area contributed by atoms with Crippen LogP contribution in [0.2, 0.25) is 0 Å². The molecule has 6 heteroatoms. The van der Waals surface area contributed by atoms with Crippen LogP contribution in [0, 0.1) is 6.92 Å². The lowest BCUT2D eigenvalue weighted by Gasteiger charge is -1.99. The van der Waals surface area contributed by atoms with E-state index in [-0.39, 0.29) is 5.69 Å². The Labute approximate surface area is 113 Å². The van der Waals surface area contributed by atoms with Crippen molar-refractivity contribution >= 4 is 22.3 Å². The van der Waals surface area contributed by atoms with E-state index in [1.165, 1.54) is 16.2 Å². The molecule has 0 atom stereocenters. The topological polar surface area (TPSA) is 67.5 Å². The molecule has 1 N–H and O–H groups in total. The predicted molar refractivity (Wildman–Crippen MR) is 71.8 cm³/mol. The summed E-state index contributed by atoms with van der Waals surface area (Å²) in [5.74, 6) is -0.996. The van der Waals surface area contributed by atoms with E-state index >= 15 is 0 Å². The van der Waals surface area contributed by atoms with E-state index < -0.39 is 5.97 Å². The van der Waals surface area contributed by atoms with Gasteiger partial charge in [-0.3, -0.25) is 9.38 Å². The summed E-state index contributed by atoms with van der Waals surface area (Å²) < 4.78 is 1.83. The minimum Gasteiger partial charge on any atom is -0.476 e. The Hall–Kier alpha value is -2.21. The average Bonchev–Trinajstić information content (AvgIpc) is 2.92.